The first-order valence-corrected chi connectivity index (χ1v) is 15.0. The van der Waals surface area contributed by atoms with E-state index >= 15 is 0 Å². The number of nitrogens with two attached hydrogens (primary N) is 1. The van der Waals surface area contributed by atoms with E-state index in [4.69, 9.17) is 24.7 Å². The van der Waals surface area contributed by atoms with Crippen LogP contribution in [0.15, 0.2) is 54.3 Å². The molecule has 1 heterocycles. The van der Waals surface area contributed by atoms with E-state index in [0.29, 0.717) is 36.5 Å². The first-order chi connectivity index (χ1) is 20.7. The maximum atomic E-state index is 13.1. The first-order valence-electron chi connectivity index (χ1n) is 15.0. The molecule has 6 atom stereocenters. The number of amides is 1. The van der Waals surface area contributed by atoms with Crippen LogP contribution >= 0.6 is 0 Å². The van der Waals surface area contributed by atoms with Crippen molar-refractivity contribution in [1.29, 1.82) is 0 Å². The minimum Gasteiger partial charge on any atom is -0.493 e. The van der Waals surface area contributed by atoms with E-state index in [-0.39, 0.29) is 24.8 Å². The van der Waals surface area contributed by atoms with Gasteiger partial charge in [-0.3, -0.25) is 9.59 Å². The number of methoxy groups -OCH3 is 1. The Morgan fingerprint density at radius 1 is 1.19 bits per heavy atom. The van der Waals surface area contributed by atoms with Gasteiger partial charge in [0.05, 0.1) is 30.6 Å². The van der Waals surface area contributed by atoms with Gasteiger partial charge < -0.3 is 35.1 Å². The van der Waals surface area contributed by atoms with Crippen LogP contribution in [0.4, 0.5) is 0 Å². The number of hydrogen-bond acceptors (Lipinski definition) is 9. The van der Waals surface area contributed by atoms with Crippen LogP contribution in [-0.4, -0.2) is 60.5 Å². The molecule has 0 saturated heterocycles. The van der Waals surface area contributed by atoms with Crippen molar-refractivity contribution in [2.45, 2.75) is 81.1 Å². The number of nitrogens with one attached hydrogen (secondary N) is 1. The van der Waals surface area contributed by atoms with Crippen molar-refractivity contribution < 1.29 is 38.4 Å². The predicted octanol–water partition coefficient (Wildman–Crippen LogP) is 2.62. The smallest absolute Gasteiger partial charge is 0.352 e. The molecule has 0 unspecified atom stereocenters. The number of aliphatic hydroxyl groups is 1. The highest BCUT2D eigenvalue weighted by Gasteiger charge is 2.71. The molecule has 2 aromatic rings. The van der Waals surface area contributed by atoms with Crippen molar-refractivity contribution in [1.82, 2.24) is 5.32 Å². The number of carbonyl (C=O) groups excluding carboxylic acids is 3. The minimum absolute atomic E-state index is 0.0215. The average Bonchev–Trinajstić information content (AvgIpc) is 3.34. The van der Waals surface area contributed by atoms with Crippen LogP contribution < -0.4 is 20.5 Å². The lowest BCUT2D eigenvalue weighted by atomic mass is 9.47. The zero-order valence-electron chi connectivity index (χ0n) is 24.5. The fourth-order valence-electron chi connectivity index (χ4n) is 7.56. The lowest BCUT2D eigenvalue weighted by Gasteiger charge is -2.59. The Morgan fingerprint density at radius 2 is 1.98 bits per heavy atom. The SMILES string of the molecule is COc1ccc2c3c1O[C@@H]1C(OC(=O)[C@H](C)OC(=O)CCNC(=O)[C@@H](N)Cc4ccccc4)=CC[C@]4(O)[C@@H](CCC[C@@]314)C2. The summed E-state index contributed by atoms with van der Waals surface area (Å²) in [6.45, 7) is 1.46. The van der Waals surface area contributed by atoms with Crippen molar-refractivity contribution in [3.63, 3.8) is 0 Å². The maximum Gasteiger partial charge on any atom is 0.352 e. The molecule has 43 heavy (non-hydrogen) atoms. The monoisotopic (exact) mass is 590 g/mol. The minimum atomic E-state index is -1.19. The Balaban J connectivity index is 1.07. The Labute approximate surface area is 250 Å². The lowest BCUT2D eigenvalue weighted by molar-refractivity contribution is -0.171. The molecule has 2 aromatic carbocycles. The summed E-state index contributed by atoms with van der Waals surface area (Å²) in [6, 6.07) is 12.6. The van der Waals surface area contributed by atoms with Crippen molar-refractivity contribution in [2.24, 2.45) is 11.7 Å². The number of hydrogen-bond donors (Lipinski definition) is 3. The van der Waals surface area contributed by atoms with Gasteiger partial charge in [-0.1, -0.05) is 42.8 Å². The van der Waals surface area contributed by atoms with E-state index in [1.165, 1.54) is 6.92 Å². The number of esters is 2. The molecule has 1 aliphatic heterocycles. The Bertz CT molecular complexity index is 1460. The number of carbonyl (C=O) groups is 3. The van der Waals surface area contributed by atoms with E-state index in [9.17, 15) is 19.5 Å². The molecular weight excluding hydrogens is 552 g/mol. The topological polar surface area (TPSA) is 146 Å². The van der Waals surface area contributed by atoms with Gasteiger partial charge in [0.25, 0.3) is 0 Å². The molecule has 10 nitrogen and oxygen atoms in total. The summed E-state index contributed by atoms with van der Waals surface area (Å²) in [5.41, 5.74) is 7.24. The maximum absolute atomic E-state index is 13.1. The van der Waals surface area contributed by atoms with Gasteiger partial charge in [0, 0.05) is 12.1 Å². The third-order valence-corrected chi connectivity index (χ3v) is 9.59. The van der Waals surface area contributed by atoms with E-state index in [1.807, 2.05) is 42.5 Å². The summed E-state index contributed by atoms with van der Waals surface area (Å²) in [6.07, 6.45) is 3.70. The van der Waals surface area contributed by atoms with Crippen molar-refractivity contribution in [3.8, 4) is 11.5 Å². The molecule has 228 valence electrons. The van der Waals surface area contributed by atoms with E-state index < -0.39 is 41.2 Å². The molecule has 1 spiro atoms. The zero-order valence-corrected chi connectivity index (χ0v) is 24.5. The third-order valence-electron chi connectivity index (χ3n) is 9.59. The molecule has 1 saturated carbocycles. The highest BCUT2D eigenvalue weighted by molar-refractivity contribution is 5.83. The van der Waals surface area contributed by atoms with Crippen LogP contribution in [-0.2, 0) is 42.1 Å². The van der Waals surface area contributed by atoms with Gasteiger partial charge in [-0.2, -0.15) is 0 Å². The predicted molar refractivity (Wildman–Crippen MR) is 155 cm³/mol. The third kappa shape index (κ3) is 4.86. The van der Waals surface area contributed by atoms with E-state index in [1.54, 1.807) is 13.2 Å². The van der Waals surface area contributed by atoms with Crippen LogP contribution in [0, 0.1) is 5.92 Å². The Hall–Kier alpha value is -3.89. The summed E-state index contributed by atoms with van der Waals surface area (Å²) >= 11 is 0. The molecule has 10 heteroatoms. The van der Waals surface area contributed by atoms with Crippen molar-refractivity contribution in [3.05, 3.63) is 71.0 Å². The second kappa shape index (κ2) is 11.3. The Morgan fingerprint density at radius 3 is 2.74 bits per heavy atom. The number of benzene rings is 2. The van der Waals surface area contributed by atoms with Crippen molar-refractivity contribution in [2.75, 3.05) is 13.7 Å². The molecule has 0 aromatic heterocycles. The van der Waals surface area contributed by atoms with Gasteiger partial charge in [0.15, 0.2) is 23.7 Å². The van der Waals surface area contributed by atoms with Crippen LogP contribution in [0.5, 0.6) is 11.5 Å². The molecule has 4 aliphatic rings. The largest absolute Gasteiger partial charge is 0.493 e. The average molecular weight is 591 g/mol. The van der Waals surface area contributed by atoms with Gasteiger partial charge >= 0.3 is 11.9 Å². The lowest BCUT2D eigenvalue weighted by Crippen LogP contribution is -2.67. The highest BCUT2D eigenvalue weighted by atomic mass is 16.6. The summed E-state index contributed by atoms with van der Waals surface area (Å²) in [5.74, 6) is -0.228. The second-order valence-electron chi connectivity index (χ2n) is 12.0. The molecule has 2 bridgehead atoms. The number of ether oxygens (including phenoxy) is 4. The fraction of sp³-hybridized carbons (Fsp3) is 0.485. The van der Waals surface area contributed by atoms with Crippen LogP contribution in [0.2, 0.25) is 0 Å². The quantitative estimate of drug-likeness (QED) is 0.356. The molecule has 6 rings (SSSR count). The van der Waals surface area contributed by atoms with Crippen LogP contribution in [0.3, 0.4) is 0 Å². The standard InChI is InChI=1S/C33H38N2O8/c1-19(41-26(36)13-16-35-30(37)23(34)17-20-7-4-3-5-8-20)31(38)42-25-12-15-33(39)22-9-6-14-32(33)27-21(18-22)10-11-24(40-2)28(27)43-29(25)32/h3-5,7-8,10-12,19,22-23,29,39H,6,9,13-18,34H2,1-2H3,(H,35,37)/t19-,22-,23-,29+,32+,33-/m0/s1. The molecule has 0 radical (unpaired) electrons. The second-order valence-corrected chi connectivity index (χ2v) is 12.0. The summed E-state index contributed by atoms with van der Waals surface area (Å²) in [5, 5.41) is 14.8. The van der Waals surface area contributed by atoms with Crippen LogP contribution in [0.25, 0.3) is 0 Å². The molecular formula is C33H38N2O8. The summed E-state index contributed by atoms with van der Waals surface area (Å²) < 4.78 is 23.2. The molecule has 3 aliphatic carbocycles. The molecule has 4 N–H and O–H groups in total. The first kappa shape index (κ1) is 29.2. The summed E-state index contributed by atoms with van der Waals surface area (Å²) in [4.78, 5) is 37.9. The normalized spacial score (nSPS) is 27.5. The number of rotatable bonds is 10. The van der Waals surface area contributed by atoms with Crippen molar-refractivity contribution >= 4 is 17.8 Å². The van der Waals surface area contributed by atoms with Crippen LogP contribution in [0.1, 0.15) is 55.7 Å². The molecule has 1 amide bonds. The van der Waals surface area contributed by atoms with E-state index in [0.717, 1.165) is 36.0 Å². The molecule has 1 fully saturated rings. The van der Waals surface area contributed by atoms with Gasteiger partial charge in [0.1, 0.15) is 5.76 Å². The van der Waals surface area contributed by atoms with E-state index in [2.05, 4.69) is 5.32 Å². The Kier molecular flexibility index (Phi) is 7.68. The highest BCUT2D eigenvalue weighted by Crippen LogP contribution is 2.67. The summed E-state index contributed by atoms with van der Waals surface area (Å²) in [7, 11) is 1.58. The van der Waals surface area contributed by atoms with Gasteiger partial charge in [0.2, 0.25) is 5.91 Å². The van der Waals surface area contributed by atoms with Gasteiger partial charge in [-0.25, -0.2) is 4.79 Å². The zero-order chi connectivity index (χ0) is 30.4. The fourth-order valence-corrected chi connectivity index (χ4v) is 7.56. The van der Waals surface area contributed by atoms with Gasteiger partial charge in [-0.15, -0.1) is 0 Å². The van der Waals surface area contributed by atoms with Gasteiger partial charge in [-0.05, 0) is 68.2 Å².